The number of fused-ring (bicyclic) bond motifs is 3. The van der Waals surface area contributed by atoms with Gasteiger partial charge in [-0.15, -0.1) is 0 Å². The van der Waals surface area contributed by atoms with Gasteiger partial charge in [0.05, 0.1) is 6.54 Å². The number of carbonyl (C=O) groups is 3. The molecule has 1 aliphatic carbocycles. The predicted molar refractivity (Wildman–Crippen MR) is 108 cm³/mol. The van der Waals surface area contributed by atoms with Gasteiger partial charge < -0.3 is 20.5 Å². The van der Waals surface area contributed by atoms with Crippen LogP contribution >= 0.6 is 0 Å². The van der Waals surface area contributed by atoms with Crippen molar-refractivity contribution in [2.75, 3.05) is 19.7 Å². The molecule has 0 heterocycles. The van der Waals surface area contributed by atoms with Gasteiger partial charge in [-0.1, -0.05) is 48.5 Å². The molecule has 182 valence electrons. The number of ether oxygens (including phenoxy) is 1. The third-order valence-electron chi connectivity index (χ3n) is 5.29. The zero-order chi connectivity index (χ0) is 25.1. The Morgan fingerprint density at radius 3 is 1.94 bits per heavy atom. The summed E-state index contributed by atoms with van der Waals surface area (Å²) in [4.78, 5) is 34.1. The van der Waals surface area contributed by atoms with Gasteiger partial charge in [-0.05, 0) is 22.3 Å². The average Bonchev–Trinajstić information content (AvgIpc) is 3.09. The van der Waals surface area contributed by atoms with E-state index in [1.807, 2.05) is 48.5 Å². The van der Waals surface area contributed by atoms with E-state index in [1.54, 1.807) is 5.32 Å². The number of benzene rings is 2. The molecule has 7 nitrogen and oxygen atoms in total. The van der Waals surface area contributed by atoms with E-state index in [0.29, 0.717) is 0 Å². The largest absolute Gasteiger partial charge is 0.481 e. The molecular weight excluding hydrogens is 467 g/mol. The molecule has 12 heteroatoms. The Balaban J connectivity index is 1.54. The van der Waals surface area contributed by atoms with Gasteiger partial charge in [-0.3, -0.25) is 9.59 Å². The SMILES string of the molecule is O=C(NCC(F)(F)C(=O)NCC(C(=O)O)C(F)(F)F)OCC1c2ccccc2-c2ccccc21. The Bertz CT molecular complexity index is 1040. The zero-order valence-electron chi connectivity index (χ0n) is 17.4. The van der Waals surface area contributed by atoms with Gasteiger partial charge in [-0.2, -0.15) is 22.0 Å². The molecule has 1 atom stereocenters. The number of hydrogen-bond donors (Lipinski definition) is 3. The number of rotatable bonds is 8. The lowest BCUT2D eigenvalue weighted by molar-refractivity contribution is -0.193. The lowest BCUT2D eigenvalue weighted by Gasteiger charge is -2.20. The van der Waals surface area contributed by atoms with Crippen molar-refractivity contribution in [3.63, 3.8) is 0 Å². The maximum absolute atomic E-state index is 14.0. The van der Waals surface area contributed by atoms with E-state index in [4.69, 9.17) is 9.84 Å². The van der Waals surface area contributed by atoms with Gasteiger partial charge >= 0.3 is 24.2 Å². The normalized spacial score (nSPS) is 14.0. The Morgan fingerprint density at radius 2 is 1.44 bits per heavy atom. The first-order chi connectivity index (χ1) is 15.9. The van der Waals surface area contributed by atoms with Crippen molar-refractivity contribution in [1.29, 1.82) is 0 Å². The third-order valence-corrected chi connectivity index (χ3v) is 5.29. The number of alkyl carbamates (subject to hydrolysis) is 1. The van der Waals surface area contributed by atoms with Crippen LogP contribution in [0, 0.1) is 5.92 Å². The molecule has 1 aliphatic rings. The van der Waals surface area contributed by atoms with Crippen molar-refractivity contribution >= 4 is 18.0 Å². The van der Waals surface area contributed by atoms with Crippen molar-refractivity contribution in [2.24, 2.45) is 5.92 Å². The highest BCUT2D eigenvalue weighted by Gasteiger charge is 2.47. The Kier molecular flexibility index (Phi) is 7.08. The van der Waals surface area contributed by atoms with Gasteiger partial charge in [0.1, 0.15) is 6.61 Å². The van der Waals surface area contributed by atoms with Crippen molar-refractivity contribution in [3.05, 3.63) is 59.7 Å². The van der Waals surface area contributed by atoms with E-state index in [-0.39, 0.29) is 12.5 Å². The first-order valence-electron chi connectivity index (χ1n) is 9.96. The van der Waals surface area contributed by atoms with Crippen LogP contribution in [0.3, 0.4) is 0 Å². The molecule has 34 heavy (non-hydrogen) atoms. The van der Waals surface area contributed by atoms with Crippen molar-refractivity contribution in [1.82, 2.24) is 10.6 Å². The summed E-state index contributed by atoms with van der Waals surface area (Å²) in [5, 5.41) is 11.5. The number of carbonyl (C=O) groups excluding carboxylic acids is 2. The Hall–Kier alpha value is -3.70. The average molecular weight is 486 g/mol. The molecule has 0 radical (unpaired) electrons. The van der Waals surface area contributed by atoms with Crippen LogP contribution in [-0.2, 0) is 14.3 Å². The smallest absolute Gasteiger partial charge is 0.407 e. The number of amides is 2. The third kappa shape index (κ3) is 5.43. The first-order valence-corrected chi connectivity index (χ1v) is 9.96. The summed E-state index contributed by atoms with van der Waals surface area (Å²) in [5.41, 5.74) is 3.68. The topological polar surface area (TPSA) is 105 Å². The van der Waals surface area contributed by atoms with Crippen LogP contribution in [0.5, 0.6) is 0 Å². The maximum Gasteiger partial charge on any atom is 0.407 e. The van der Waals surface area contributed by atoms with Crippen LogP contribution in [0.2, 0.25) is 0 Å². The molecule has 0 fully saturated rings. The highest BCUT2D eigenvalue weighted by Crippen LogP contribution is 2.44. The summed E-state index contributed by atoms with van der Waals surface area (Å²) < 4.78 is 70.7. The minimum atomic E-state index is -5.24. The van der Waals surface area contributed by atoms with Crippen LogP contribution in [0.15, 0.2) is 48.5 Å². The van der Waals surface area contributed by atoms with Gasteiger partial charge in [0.15, 0.2) is 5.92 Å². The number of nitrogens with one attached hydrogen (secondary N) is 2. The highest BCUT2D eigenvalue weighted by atomic mass is 19.4. The molecule has 0 aromatic heterocycles. The van der Waals surface area contributed by atoms with Gasteiger partial charge in [-0.25, -0.2) is 4.79 Å². The zero-order valence-corrected chi connectivity index (χ0v) is 17.4. The lowest BCUT2D eigenvalue weighted by Crippen LogP contribution is -2.51. The molecule has 1 unspecified atom stereocenters. The number of halogens is 5. The summed E-state index contributed by atoms with van der Waals surface area (Å²) in [5.74, 6) is -12.2. The van der Waals surface area contributed by atoms with E-state index in [1.165, 1.54) is 5.32 Å². The van der Waals surface area contributed by atoms with Gasteiger partial charge in [0.2, 0.25) is 0 Å². The van der Waals surface area contributed by atoms with E-state index in [0.717, 1.165) is 22.3 Å². The minimum Gasteiger partial charge on any atom is -0.481 e. The molecule has 0 saturated carbocycles. The monoisotopic (exact) mass is 486 g/mol. The fraction of sp³-hybridized carbons (Fsp3) is 0.318. The standard InChI is InChI=1S/C22H19F5N2O5/c23-21(24,19(32)28-9-17(18(30)31)22(25,26)27)11-29-20(33)34-10-16-14-7-3-1-5-12(14)13-6-2-4-8-15(13)16/h1-8,16-17H,9-11H2,(H,28,32)(H,29,33)(H,30,31). The van der Waals surface area contributed by atoms with E-state index < -0.39 is 49.1 Å². The lowest BCUT2D eigenvalue weighted by atomic mass is 9.98. The summed E-state index contributed by atoms with van der Waals surface area (Å²) in [6, 6.07) is 14.8. The summed E-state index contributed by atoms with van der Waals surface area (Å²) in [7, 11) is 0. The van der Waals surface area contributed by atoms with E-state index in [9.17, 15) is 36.3 Å². The molecule has 2 aromatic rings. The van der Waals surface area contributed by atoms with Crippen molar-refractivity contribution in [2.45, 2.75) is 18.0 Å². The summed E-state index contributed by atoms with van der Waals surface area (Å²) in [6.45, 7) is -3.32. The number of aliphatic carboxylic acids is 1. The second kappa shape index (κ2) is 9.65. The van der Waals surface area contributed by atoms with E-state index >= 15 is 0 Å². The number of carboxylic acid groups (broad SMARTS) is 1. The van der Waals surface area contributed by atoms with Gasteiger partial charge in [0, 0.05) is 12.5 Å². The van der Waals surface area contributed by atoms with Crippen molar-refractivity contribution in [3.8, 4) is 11.1 Å². The quantitative estimate of drug-likeness (QED) is 0.496. The first kappa shape index (κ1) is 24.9. The number of alkyl halides is 5. The molecule has 3 N–H and O–H groups in total. The maximum atomic E-state index is 14.0. The van der Waals surface area contributed by atoms with Crippen LogP contribution < -0.4 is 10.6 Å². The van der Waals surface area contributed by atoms with Crippen LogP contribution in [0.4, 0.5) is 26.7 Å². The Labute approximate surface area is 189 Å². The Morgan fingerprint density at radius 1 is 0.912 bits per heavy atom. The molecule has 3 rings (SSSR count). The molecule has 0 spiro atoms. The van der Waals surface area contributed by atoms with E-state index in [2.05, 4.69) is 0 Å². The number of carboxylic acids is 1. The summed E-state index contributed by atoms with van der Waals surface area (Å²) >= 11 is 0. The van der Waals surface area contributed by atoms with Crippen LogP contribution in [0.25, 0.3) is 11.1 Å². The molecule has 2 aromatic carbocycles. The molecule has 0 bridgehead atoms. The second-order valence-electron chi connectivity index (χ2n) is 7.53. The molecule has 0 aliphatic heterocycles. The molecular formula is C22H19F5N2O5. The summed E-state index contributed by atoms with van der Waals surface area (Å²) in [6.07, 6.45) is -6.50. The predicted octanol–water partition coefficient (Wildman–Crippen LogP) is 3.54. The highest BCUT2D eigenvalue weighted by molar-refractivity contribution is 5.85. The van der Waals surface area contributed by atoms with Gasteiger partial charge in [0.25, 0.3) is 5.91 Å². The molecule has 2 amide bonds. The minimum absolute atomic E-state index is 0.177. The molecule has 0 saturated heterocycles. The second-order valence-corrected chi connectivity index (χ2v) is 7.53. The fourth-order valence-corrected chi connectivity index (χ4v) is 3.58. The van der Waals surface area contributed by atoms with Crippen LogP contribution in [-0.4, -0.2) is 54.9 Å². The number of hydrogen-bond acceptors (Lipinski definition) is 4. The fourth-order valence-electron chi connectivity index (χ4n) is 3.58. The van der Waals surface area contributed by atoms with Crippen molar-refractivity contribution < 1.29 is 46.2 Å². The van der Waals surface area contributed by atoms with Crippen LogP contribution in [0.1, 0.15) is 17.0 Å².